The number of aromatic nitrogens is 4. The fraction of sp³-hybridized carbons (Fsp3) is 0.500. The molecule has 7 nitrogen and oxygen atoms in total. The molecule has 0 radical (unpaired) electrons. The first-order valence-corrected chi connectivity index (χ1v) is 4.34. The Labute approximate surface area is 145 Å². The molecule has 0 aromatic carbocycles. The summed E-state index contributed by atoms with van der Waals surface area (Å²) < 4.78 is 31.1. The van der Waals surface area contributed by atoms with E-state index in [4.69, 9.17) is 0 Å². The number of nitrogens with zero attached hydrogens (tertiary/aromatic N) is 4. The van der Waals surface area contributed by atoms with Crippen molar-refractivity contribution in [2.24, 2.45) is 0 Å². The third-order valence-electron chi connectivity index (χ3n) is 0.779. The molecule has 1 aromatic rings. The van der Waals surface area contributed by atoms with Gasteiger partial charge in [0.25, 0.3) is 0 Å². The molecule has 0 saturated heterocycles. The van der Waals surface area contributed by atoms with Crippen molar-refractivity contribution in [3.63, 3.8) is 0 Å². The van der Waals surface area contributed by atoms with E-state index in [1.807, 2.05) is 0 Å². The summed E-state index contributed by atoms with van der Waals surface area (Å²) in [5.41, 5.74) is 0. The van der Waals surface area contributed by atoms with E-state index in [1.165, 1.54) is 0 Å². The molecule has 0 unspecified atom stereocenters. The first-order chi connectivity index (χ1) is 4.99. The Kier molecular flexibility index (Phi) is 9.50. The van der Waals surface area contributed by atoms with Gasteiger partial charge in [0, 0.05) is 5.16 Å². The van der Waals surface area contributed by atoms with Crippen molar-refractivity contribution in [3.05, 3.63) is 0 Å². The van der Waals surface area contributed by atoms with E-state index in [0.29, 0.717) is 0 Å². The fourth-order valence-corrected chi connectivity index (χ4v) is 1.12. The molecule has 0 aliphatic heterocycles. The zero-order valence-electron chi connectivity index (χ0n) is 7.04. The third kappa shape index (κ3) is 6.84. The van der Waals surface area contributed by atoms with Crippen LogP contribution in [0.1, 0.15) is 0 Å². The van der Waals surface area contributed by atoms with Crippen molar-refractivity contribution < 1.29 is 93.9 Å². The van der Waals surface area contributed by atoms with Crippen LogP contribution in [0.25, 0.3) is 0 Å². The van der Waals surface area contributed by atoms with Gasteiger partial charge in [-0.15, -0.1) is 5.10 Å². The Hall–Kier alpha value is 1.84. The summed E-state index contributed by atoms with van der Waals surface area (Å²) in [6.45, 7) is 0. The van der Waals surface area contributed by atoms with Crippen LogP contribution in [0.3, 0.4) is 0 Å². The average Bonchev–Trinajstić information content (AvgIpc) is 2.12. The molecule has 0 aliphatic carbocycles. The average molecular weight is 256 g/mol. The zero-order chi connectivity index (χ0) is 8.48. The fourth-order valence-electron chi connectivity index (χ4n) is 0.427. The van der Waals surface area contributed by atoms with Crippen LogP contribution >= 0.6 is 0 Å². The smallest absolute Gasteiger partial charge is 0.747 e. The quantitative estimate of drug-likeness (QED) is 0.294. The van der Waals surface area contributed by atoms with Crippen molar-refractivity contribution in [2.45, 2.75) is 11.0 Å². The van der Waals surface area contributed by atoms with Gasteiger partial charge < -0.3 is 17.2 Å². The number of hydrogen-bond donors (Lipinski definition) is 0. The number of rotatable bonds is 2. The molecule has 0 spiro atoms. The van der Waals surface area contributed by atoms with Crippen molar-refractivity contribution in [2.75, 3.05) is 0 Å². The van der Waals surface area contributed by atoms with Crippen LogP contribution in [0.5, 0.6) is 0 Å². The molecule has 0 bridgehead atoms. The van der Waals surface area contributed by atoms with Crippen LogP contribution in [-0.2, 0) is 28.6 Å². The molecule has 0 aliphatic rings. The maximum atomic E-state index is 10.1. The zero-order valence-corrected chi connectivity index (χ0v) is 13.8. The van der Waals surface area contributed by atoms with Crippen molar-refractivity contribution in [1.82, 2.24) is 20.2 Å². The molecule has 1 rings (SSSR count). The van der Waals surface area contributed by atoms with E-state index in [0.717, 1.165) is 4.68 Å². The van der Waals surface area contributed by atoms with Gasteiger partial charge in [-0.3, -0.25) is 0 Å². The minimum atomic E-state index is -4.37. The normalized spacial score (nSPS) is 9.92. The predicted octanol–water partition coefficient (Wildman–Crippen LogP) is -7.91. The Balaban J connectivity index is 0. The van der Waals surface area contributed by atoms with Gasteiger partial charge in [-0.25, -0.2) is 13.1 Å². The molecule has 0 fully saturated rings. The van der Waals surface area contributed by atoms with Gasteiger partial charge in [-0.05, 0) is 10.4 Å². The van der Waals surface area contributed by atoms with Crippen molar-refractivity contribution in [3.8, 4) is 0 Å². The molecule has 0 atom stereocenters. The summed E-state index contributed by atoms with van der Waals surface area (Å²) >= 11 is 4.48. The molecule has 62 valence electrons. The van der Waals surface area contributed by atoms with E-state index in [2.05, 4.69) is 28.2 Å². The second-order valence-corrected chi connectivity index (χ2v) is 3.39. The Morgan fingerprint density at radius 1 is 1.54 bits per heavy atom. The van der Waals surface area contributed by atoms with Crippen LogP contribution < -0.4 is 80.9 Å². The van der Waals surface area contributed by atoms with Crippen LogP contribution in [0.15, 0.2) is 5.16 Å². The molecule has 0 N–H and O–H groups in total. The van der Waals surface area contributed by atoms with Crippen molar-refractivity contribution in [1.29, 1.82) is 0 Å². The Morgan fingerprint density at radius 3 is 2.38 bits per heavy atom. The summed E-state index contributed by atoms with van der Waals surface area (Å²) in [4.78, 5) is 0. The molecular weight excluding hydrogens is 254 g/mol. The summed E-state index contributed by atoms with van der Waals surface area (Å²) in [7, 11) is -4.37. The van der Waals surface area contributed by atoms with Crippen LogP contribution in [0.4, 0.5) is 0 Å². The second-order valence-electron chi connectivity index (χ2n) is 1.65. The molecule has 0 saturated carbocycles. The maximum Gasteiger partial charge on any atom is 1.00 e. The number of hydrogen-bond acceptors (Lipinski definition) is 7. The molecule has 1 aromatic heterocycles. The molecule has 13 heavy (non-hydrogen) atoms. The van der Waals surface area contributed by atoms with Gasteiger partial charge in [-0.1, -0.05) is 0 Å². The monoisotopic (exact) mass is 256 g/mol. The SMILES string of the molecule is O=S(=O)([O-])Cn1nnnc1[S-].[K+].[Na+]. The first kappa shape index (κ1) is 17.2. The van der Waals surface area contributed by atoms with Crippen LogP contribution in [0, 0.1) is 0 Å². The van der Waals surface area contributed by atoms with Crippen LogP contribution in [0.2, 0.25) is 0 Å². The Morgan fingerprint density at radius 2 is 2.08 bits per heavy atom. The standard InChI is InChI=1S/C2H4N4O3S2.K.Na/c7-11(8,9)1-6-2(10)3-4-5-6;;/h1H2,(H,3,5,10)(H,7,8,9);;/q;2*+1/p-2. The van der Waals surface area contributed by atoms with E-state index in [1.54, 1.807) is 0 Å². The van der Waals surface area contributed by atoms with Gasteiger partial charge >= 0.3 is 80.9 Å². The Bertz CT molecular complexity index is 352. The van der Waals surface area contributed by atoms with Gasteiger partial charge in [0.1, 0.15) is 16.0 Å². The van der Waals surface area contributed by atoms with E-state index in [-0.39, 0.29) is 86.1 Å². The molecule has 11 heteroatoms. The molecule has 0 amide bonds. The summed E-state index contributed by atoms with van der Waals surface area (Å²) in [6.07, 6.45) is 0. The van der Waals surface area contributed by atoms with E-state index in [9.17, 15) is 13.0 Å². The van der Waals surface area contributed by atoms with Crippen LogP contribution in [-0.4, -0.2) is 33.2 Å². The number of tetrazole rings is 1. The van der Waals surface area contributed by atoms with E-state index < -0.39 is 16.0 Å². The van der Waals surface area contributed by atoms with Gasteiger partial charge in [0.2, 0.25) is 0 Å². The predicted molar refractivity (Wildman–Crippen MR) is 33.1 cm³/mol. The van der Waals surface area contributed by atoms with E-state index >= 15 is 0 Å². The van der Waals surface area contributed by atoms with Gasteiger partial charge in [0.05, 0.1) is 0 Å². The third-order valence-corrected chi connectivity index (χ3v) is 1.63. The first-order valence-electron chi connectivity index (χ1n) is 2.36. The summed E-state index contributed by atoms with van der Waals surface area (Å²) in [5.74, 6) is -0.821. The second kappa shape index (κ2) is 7.17. The minimum Gasteiger partial charge on any atom is -0.747 e. The topological polar surface area (TPSA) is 101 Å². The van der Waals surface area contributed by atoms with Crippen molar-refractivity contribution >= 4 is 22.7 Å². The summed E-state index contributed by atoms with van der Waals surface area (Å²) in [5, 5.41) is 9.33. The van der Waals surface area contributed by atoms with Gasteiger partial charge in [0.15, 0.2) is 0 Å². The largest absolute Gasteiger partial charge is 1.00 e. The van der Waals surface area contributed by atoms with Gasteiger partial charge in [-0.2, -0.15) is 0 Å². The molecule has 1 heterocycles. The summed E-state index contributed by atoms with van der Waals surface area (Å²) in [6, 6.07) is 0. The molecular formula is C2H2KN4NaO3S2. The minimum absolute atomic E-state index is 0. The maximum absolute atomic E-state index is 10.1.